The largest absolute Gasteiger partial charge is 0.462 e. The van der Waals surface area contributed by atoms with E-state index in [0.29, 0.717) is 22.6 Å². The Labute approximate surface area is 124 Å². The van der Waals surface area contributed by atoms with Gasteiger partial charge in [0.1, 0.15) is 11.3 Å². The van der Waals surface area contributed by atoms with Crippen molar-refractivity contribution in [2.45, 2.75) is 13.8 Å². The molecule has 0 radical (unpaired) electrons. The second-order valence-corrected chi connectivity index (χ2v) is 5.02. The van der Waals surface area contributed by atoms with Crippen LogP contribution >= 0.6 is 15.9 Å². The first kappa shape index (κ1) is 14.4. The molecule has 0 aliphatic rings. The summed E-state index contributed by atoms with van der Waals surface area (Å²) in [5.41, 5.74) is 1.78. The van der Waals surface area contributed by atoms with Crippen molar-refractivity contribution < 1.29 is 14.3 Å². The molecule has 2 aromatic heterocycles. The van der Waals surface area contributed by atoms with Gasteiger partial charge in [-0.05, 0) is 35.8 Å². The van der Waals surface area contributed by atoms with Crippen LogP contribution in [0.3, 0.4) is 0 Å². The zero-order valence-electron chi connectivity index (χ0n) is 11.0. The molecule has 7 heteroatoms. The van der Waals surface area contributed by atoms with E-state index in [1.165, 1.54) is 0 Å². The average Bonchev–Trinajstić information content (AvgIpc) is 2.96. The monoisotopic (exact) mass is 339 g/mol. The van der Waals surface area contributed by atoms with E-state index >= 15 is 0 Å². The quantitative estimate of drug-likeness (QED) is 0.748. The number of nitrogens with one attached hydrogen (secondary N) is 3. The third kappa shape index (κ3) is 2.93. The molecule has 0 fully saturated rings. The summed E-state index contributed by atoms with van der Waals surface area (Å²) >= 11 is 3.26. The van der Waals surface area contributed by atoms with Crippen molar-refractivity contribution >= 4 is 33.5 Å². The second kappa shape index (κ2) is 5.96. The topological polar surface area (TPSA) is 87.0 Å². The summed E-state index contributed by atoms with van der Waals surface area (Å²) in [5, 5.41) is 2.68. The first-order valence-corrected chi connectivity index (χ1v) is 6.82. The fraction of sp³-hybridized carbons (Fsp3) is 0.231. The maximum atomic E-state index is 12.0. The number of H-pyrrole nitrogens is 2. The molecular formula is C13H14BrN3O3. The number of aromatic amines is 2. The maximum absolute atomic E-state index is 12.0. The molecule has 2 heterocycles. The van der Waals surface area contributed by atoms with Gasteiger partial charge in [0.15, 0.2) is 0 Å². The van der Waals surface area contributed by atoms with Crippen molar-refractivity contribution in [2.75, 3.05) is 11.9 Å². The molecule has 0 bridgehead atoms. The molecule has 0 aromatic carbocycles. The number of carbonyl (C=O) groups is 2. The Morgan fingerprint density at radius 2 is 2.10 bits per heavy atom. The number of carbonyl (C=O) groups excluding carboxylic acids is 2. The minimum atomic E-state index is -0.464. The van der Waals surface area contributed by atoms with Crippen LogP contribution in [0.1, 0.15) is 33.5 Å². The van der Waals surface area contributed by atoms with Crippen LogP contribution in [0.5, 0.6) is 0 Å². The van der Waals surface area contributed by atoms with Gasteiger partial charge in [-0.3, -0.25) is 4.79 Å². The minimum Gasteiger partial charge on any atom is -0.462 e. The highest BCUT2D eigenvalue weighted by molar-refractivity contribution is 9.10. The highest BCUT2D eigenvalue weighted by Gasteiger charge is 2.20. The Hall–Kier alpha value is -2.02. The molecule has 106 valence electrons. The van der Waals surface area contributed by atoms with Crippen LogP contribution < -0.4 is 5.32 Å². The highest BCUT2D eigenvalue weighted by Crippen LogP contribution is 2.21. The van der Waals surface area contributed by atoms with Crippen LogP contribution in [0.15, 0.2) is 22.9 Å². The number of halogens is 1. The molecule has 3 N–H and O–H groups in total. The zero-order valence-corrected chi connectivity index (χ0v) is 12.6. The number of aryl methyl sites for hydroxylation is 1. The molecule has 0 atom stereocenters. The standard InChI is InChI=1S/C13H14BrN3O3/c1-3-20-13(19)11-7(2)15-6-10(11)17-12(18)9-4-8(14)5-16-9/h4-6,15-16H,3H2,1-2H3,(H,17,18). The van der Waals surface area contributed by atoms with Gasteiger partial charge in [-0.25, -0.2) is 4.79 Å². The van der Waals surface area contributed by atoms with Gasteiger partial charge in [0.05, 0.1) is 12.3 Å². The third-order valence-electron chi connectivity index (χ3n) is 2.70. The minimum absolute atomic E-state index is 0.278. The fourth-order valence-electron chi connectivity index (χ4n) is 1.78. The van der Waals surface area contributed by atoms with Gasteiger partial charge in [-0.2, -0.15) is 0 Å². The summed E-state index contributed by atoms with van der Waals surface area (Å²) in [7, 11) is 0. The summed E-state index contributed by atoms with van der Waals surface area (Å²) in [6, 6.07) is 1.65. The summed E-state index contributed by atoms with van der Waals surface area (Å²) in [6.45, 7) is 3.75. The third-order valence-corrected chi connectivity index (χ3v) is 3.16. The molecule has 6 nitrogen and oxygen atoms in total. The highest BCUT2D eigenvalue weighted by atomic mass is 79.9. The van der Waals surface area contributed by atoms with E-state index in [9.17, 15) is 9.59 Å². The molecule has 0 saturated carbocycles. The lowest BCUT2D eigenvalue weighted by molar-refractivity contribution is 0.0527. The van der Waals surface area contributed by atoms with Gasteiger partial charge in [0, 0.05) is 22.6 Å². The van der Waals surface area contributed by atoms with Crippen LogP contribution in [-0.2, 0) is 4.74 Å². The van der Waals surface area contributed by atoms with Gasteiger partial charge < -0.3 is 20.0 Å². The van der Waals surface area contributed by atoms with Gasteiger partial charge >= 0.3 is 5.97 Å². The number of aromatic nitrogens is 2. The molecule has 1 amide bonds. The van der Waals surface area contributed by atoms with E-state index in [1.807, 2.05) is 0 Å². The summed E-state index contributed by atoms with van der Waals surface area (Å²) in [4.78, 5) is 29.6. The second-order valence-electron chi connectivity index (χ2n) is 4.11. The van der Waals surface area contributed by atoms with Crippen molar-refractivity contribution in [1.82, 2.24) is 9.97 Å². The molecule has 0 aliphatic heterocycles. The van der Waals surface area contributed by atoms with Gasteiger partial charge in [0.25, 0.3) is 5.91 Å². The number of hydrogen-bond donors (Lipinski definition) is 3. The Morgan fingerprint density at radius 3 is 2.70 bits per heavy atom. The van der Waals surface area contributed by atoms with Crippen molar-refractivity contribution in [2.24, 2.45) is 0 Å². The summed E-state index contributed by atoms with van der Waals surface area (Å²) < 4.78 is 5.75. The molecule has 20 heavy (non-hydrogen) atoms. The van der Waals surface area contributed by atoms with E-state index < -0.39 is 5.97 Å². The van der Waals surface area contributed by atoms with E-state index in [2.05, 4.69) is 31.2 Å². The number of anilines is 1. The molecular weight excluding hydrogens is 326 g/mol. The van der Waals surface area contributed by atoms with E-state index in [1.54, 1.807) is 32.3 Å². The molecule has 0 saturated heterocycles. The Balaban J connectivity index is 2.22. The molecule has 2 aromatic rings. The zero-order chi connectivity index (χ0) is 14.7. The van der Waals surface area contributed by atoms with Gasteiger partial charge in [0.2, 0.25) is 0 Å². The summed E-state index contributed by atoms with van der Waals surface area (Å²) in [6.07, 6.45) is 3.22. The Kier molecular flexibility index (Phi) is 4.29. The molecule has 0 spiro atoms. The van der Waals surface area contributed by atoms with Crippen LogP contribution in [0.4, 0.5) is 5.69 Å². The Morgan fingerprint density at radius 1 is 1.35 bits per heavy atom. The predicted molar refractivity (Wildman–Crippen MR) is 77.9 cm³/mol. The first-order chi connectivity index (χ1) is 9.52. The average molecular weight is 340 g/mol. The normalized spacial score (nSPS) is 10.3. The van der Waals surface area contributed by atoms with Crippen LogP contribution in [0, 0.1) is 6.92 Å². The van der Waals surface area contributed by atoms with Crippen molar-refractivity contribution in [3.63, 3.8) is 0 Å². The van der Waals surface area contributed by atoms with E-state index in [4.69, 9.17) is 4.74 Å². The lowest BCUT2D eigenvalue weighted by atomic mass is 10.2. The molecule has 0 aliphatic carbocycles. The van der Waals surface area contributed by atoms with Crippen molar-refractivity contribution in [3.05, 3.63) is 39.9 Å². The number of esters is 1. The van der Waals surface area contributed by atoms with E-state index in [-0.39, 0.29) is 12.5 Å². The Bertz CT molecular complexity index is 645. The predicted octanol–water partition coefficient (Wildman–Crippen LogP) is 2.84. The number of hydrogen-bond acceptors (Lipinski definition) is 3. The van der Waals surface area contributed by atoms with Gasteiger partial charge in [-0.15, -0.1) is 0 Å². The molecule has 2 rings (SSSR count). The van der Waals surface area contributed by atoms with Crippen LogP contribution in [0.2, 0.25) is 0 Å². The summed E-state index contributed by atoms with van der Waals surface area (Å²) in [5.74, 6) is -0.797. The molecule has 0 unspecified atom stereocenters. The number of rotatable bonds is 4. The lowest BCUT2D eigenvalue weighted by Gasteiger charge is -2.06. The lowest BCUT2D eigenvalue weighted by Crippen LogP contribution is -2.15. The smallest absolute Gasteiger partial charge is 0.342 e. The first-order valence-electron chi connectivity index (χ1n) is 6.03. The van der Waals surface area contributed by atoms with Crippen LogP contribution in [0.25, 0.3) is 0 Å². The maximum Gasteiger partial charge on any atom is 0.342 e. The van der Waals surface area contributed by atoms with Gasteiger partial charge in [-0.1, -0.05) is 0 Å². The van der Waals surface area contributed by atoms with Crippen LogP contribution in [-0.4, -0.2) is 28.5 Å². The van der Waals surface area contributed by atoms with Crippen molar-refractivity contribution in [1.29, 1.82) is 0 Å². The van der Waals surface area contributed by atoms with Crippen molar-refractivity contribution in [3.8, 4) is 0 Å². The SMILES string of the molecule is CCOC(=O)c1c(NC(=O)c2cc(Br)c[nH]2)c[nH]c1C. The van der Waals surface area contributed by atoms with E-state index in [0.717, 1.165) is 4.47 Å². The number of ether oxygens (including phenoxy) is 1. The fourth-order valence-corrected chi connectivity index (χ4v) is 2.12. The number of amides is 1.